The van der Waals surface area contributed by atoms with Gasteiger partial charge in [-0.1, -0.05) is 12.1 Å². The molecule has 1 aromatic heterocycles. The summed E-state index contributed by atoms with van der Waals surface area (Å²) in [5.74, 6) is -0.564. The SMILES string of the molecule is CCOC(=O)Cn1[nH]c(=O)c2ccccc2c1=O. The lowest BCUT2D eigenvalue weighted by molar-refractivity contribution is -0.144. The third-order valence-corrected chi connectivity index (χ3v) is 2.48. The average molecular weight is 248 g/mol. The molecule has 6 heteroatoms. The van der Waals surface area contributed by atoms with Crippen LogP contribution in [0.1, 0.15) is 6.92 Å². The summed E-state index contributed by atoms with van der Waals surface area (Å²) in [7, 11) is 0. The van der Waals surface area contributed by atoms with Gasteiger partial charge in [0.05, 0.1) is 17.4 Å². The highest BCUT2D eigenvalue weighted by Gasteiger charge is 2.10. The molecule has 0 radical (unpaired) electrons. The molecule has 0 aliphatic carbocycles. The Bertz CT molecular complexity index is 699. The number of H-pyrrole nitrogens is 1. The number of fused-ring (bicyclic) bond motifs is 1. The zero-order chi connectivity index (χ0) is 13.1. The molecule has 94 valence electrons. The van der Waals surface area contributed by atoms with Gasteiger partial charge in [-0.2, -0.15) is 0 Å². The highest BCUT2D eigenvalue weighted by atomic mass is 16.5. The molecule has 0 unspecified atom stereocenters. The van der Waals surface area contributed by atoms with Gasteiger partial charge in [0.15, 0.2) is 0 Å². The van der Waals surface area contributed by atoms with E-state index in [2.05, 4.69) is 5.10 Å². The Balaban J connectivity index is 2.54. The first-order valence-electron chi connectivity index (χ1n) is 5.51. The minimum absolute atomic E-state index is 0.228. The normalized spacial score (nSPS) is 10.5. The number of hydrogen-bond donors (Lipinski definition) is 1. The van der Waals surface area contributed by atoms with Gasteiger partial charge in [-0.15, -0.1) is 0 Å². The van der Waals surface area contributed by atoms with Crippen molar-refractivity contribution in [2.75, 3.05) is 6.61 Å². The Kier molecular flexibility index (Phi) is 3.27. The maximum atomic E-state index is 12.0. The number of aromatic amines is 1. The number of rotatable bonds is 3. The lowest BCUT2D eigenvalue weighted by Gasteiger charge is -2.06. The van der Waals surface area contributed by atoms with E-state index in [9.17, 15) is 14.4 Å². The van der Waals surface area contributed by atoms with Gasteiger partial charge in [0.2, 0.25) is 0 Å². The number of carbonyl (C=O) groups excluding carboxylic acids is 1. The first-order valence-corrected chi connectivity index (χ1v) is 5.51. The number of carbonyl (C=O) groups is 1. The van der Waals surface area contributed by atoms with E-state index in [0.29, 0.717) is 5.39 Å². The van der Waals surface area contributed by atoms with Gasteiger partial charge in [-0.05, 0) is 19.1 Å². The molecule has 0 aliphatic rings. The second kappa shape index (κ2) is 4.87. The molecule has 0 saturated heterocycles. The average Bonchev–Trinajstić information content (AvgIpc) is 2.36. The molecule has 2 aromatic rings. The van der Waals surface area contributed by atoms with E-state index in [0.717, 1.165) is 4.68 Å². The smallest absolute Gasteiger partial charge is 0.327 e. The number of nitrogens with one attached hydrogen (secondary N) is 1. The number of hydrogen-bond acceptors (Lipinski definition) is 4. The molecule has 6 nitrogen and oxygen atoms in total. The molecular formula is C12H12N2O4. The van der Waals surface area contributed by atoms with Gasteiger partial charge in [-0.25, -0.2) is 4.68 Å². The third-order valence-electron chi connectivity index (χ3n) is 2.48. The van der Waals surface area contributed by atoms with Crippen molar-refractivity contribution in [2.24, 2.45) is 0 Å². The van der Waals surface area contributed by atoms with Crippen LogP contribution in [0.4, 0.5) is 0 Å². The zero-order valence-electron chi connectivity index (χ0n) is 9.80. The van der Waals surface area contributed by atoms with Crippen LogP contribution < -0.4 is 11.1 Å². The molecule has 1 heterocycles. The van der Waals surface area contributed by atoms with Crippen LogP contribution >= 0.6 is 0 Å². The summed E-state index contributed by atoms with van der Waals surface area (Å²) in [5, 5.41) is 2.95. The van der Waals surface area contributed by atoms with Gasteiger partial charge in [0.25, 0.3) is 11.1 Å². The molecule has 0 fully saturated rings. The van der Waals surface area contributed by atoms with Crippen molar-refractivity contribution in [3.63, 3.8) is 0 Å². The molecule has 1 N–H and O–H groups in total. The van der Waals surface area contributed by atoms with Crippen LogP contribution in [0, 0.1) is 0 Å². The lowest BCUT2D eigenvalue weighted by Crippen LogP contribution is -2.32. The monoisotopic (exact) mass is 248 g/mol. The molecule has 0 bridgehead atoms. The summed E-state index contributed by atoms with van der Waals surface area (Å²) in [4.78, 5) is 35.0. The van der Waals surface area contributed by atoms with Crippen molar-refractivity contribution in [2.45, 2.75) is 13.5 Å². The number of ether oxygens (including phenoxy) is 1. The van der Waals surface area contributed by atoms with Crippen molar-refractivity contribution in [3.05, 3.63) is 45.0 Å². The summed E-state index contributed by atoms with van der Waals surface area (Å²) < 4.78 is 5.69. The summed E-state index contributed by atoms with van der Waals surface area (Å²) in [5.41, 5.74) is -0.826. The lowest BCUT2D eigenvalue weighted by atomic mass is 10.2. The predicted molar refractivity (Wildman–Crippen MR) is 65.5 cm³/mol. The quantitative estimate of drug-likeness (QED) is 0.789. The van der Waals surface area contributed by atoms with Crippen molar-refractivity contribution in [1.82, 2.24) is 9.78 Å². The van der Waals surface area contributed by atoms with Crippen molar-refractivity contribution in [3.8, 4) is 0 Å². The summed E-state index contributed by atoms with van der Waals surface area (Å²) in [6, 6.07) is 6.45. The van der Waals surface area contributed by atoms with Crippen LogP contribution in [0.3, 0.4) is 0 Å². The van der Waals surface area contributed by atoms with E-state index in [4.69, 9.17) is 4.74 Å². The Labute approximate surface area is 102 Å². The first kappa shape index (κ1) is 12.1. The van der Waals surface area contributed by atoms with Gasteiger partial charge in [0, 0.05) is 0 Å². The maximum absolute atomic E-state index is 12.0. The minimum atomic E-state index is -0.564. The fraction of sp³-hybridized carbons (Fsp3) is 0.250. The molecule has 0 saturated carbocycles. The Hall–Kier alpha value is -2.37. The first-order chi connectivity index (χ1) is 8.63. The highest BCUT2D eigenvalue weighted by molar-refractivity contribution is 5.80. The van der Waals surface area contributed by atoms with Gasteiger partial charge >= 0.3 is 5.97 Å². The molecule has 18 heavy (non-hydrogen) atoms. The topological polar surface area (TPSA) is 81.2 Å². The second-order valence-corrected chi connectivity index (χ2v) is 3.68. The number of benzene rings is 1. The summed E-state index contributed by atoms with van der Waals surface area (Å²) >= 11 is 0. The van der Waals surface area contributed by atoms with E-state index in [-0.39, 0.29) is 18.5 Å². The summed E-state index contributed by atoms with van der Waals surface area (Å²) in [6.07, 6.45) is 0. The molecule has 0 aliphatic heterocycles. The Morgan fingerprint density at radius 2 is 1.94 bits per heavy atom. The third kappa shape index (κ3) is 2.17. The largest absolute Gasteiger partial charge is 0.465 e. The molecule has 1 aromatic carbocycles. The number of esters is 1. The predicted octanol–water partition coefficient (Wildman–Crippen LogP) is 0.253. The van der Waals surface area contributed by atoms with E-state index in [1.54, 1.807) is 31.2 Å². The highest BCUT2D eigenvalue weighted by Crippen LogP contribution is 2.02. The number of nitrogens with zero attached hydrogens (tertiary/aromatic N) is 1. The zero-order valence-corrected chi connectivity index (χ0v) is 9.80. The molecule has 0 atom stereocenters. The van der Waals surface area contributed by atoms with E-state index in [1.807, 2.05) is 0 Å². The van der Waals surface area contributed by atoms with Crippen LogP contribution in [0.2, 0.25) is 0 Å². The maximum Gasteiger partial charge on any atom is 0.327 e. The minimum Gasteiger partial charge on any atom is -0.465 e. The Morgan fingerprint density at radius 3 is 2.61 bits per heavy atom. The number of aromatic nitrogens is 2. The van der Waals surface area contributed by atoms with Crippen LogP contribution in [0.5, 0.6) is 0 Å². The Morgan fingerprint density at radius 1 is 1.28 bits per heavy atom. The molecule has 0 amide bonds. The fourth-order valence-corrected chi connectivity index (χ4v) is 1.69. The second-order valence-electron chi connectivity index (χ2n) is 3.68. The van der Waals surface area contributed by atoms with Crippen LogP contribution in [-0.4, -0.2) is 22.4 Å². The van der Waals surface area contributed by atoms with E-state index >= 15 is 0 Å². The van der Waals surface area contributed by atoms with E-state index in [1.165, 1.54) is 0 Å². The van der Waals surface area contributed by atoms with Gasteiger partial charge < -0.3 is 4.74 Å². The summed E-state index contributed by atoms with van der Waals surface area (Å²) in [6.45, 7) is 1.60. The van der Waals surface area contributed by atoms with Crippen LogP contribution in [-0.2, 0) is 16.1 Å². The van der Waals surface area contributed by atoms with Crippen LogP contribution in [0.15, 0.2) is 33.9 Å². The van der Waals surface area contributed by atoms with E-state index < -0.39 is 17.1 Å². The van der Waals surface area contributed by atoms with Crippen molar-refractivity contribution in [1.29, 1.82) is 0 Å². The van der Waals surface area contributed by atoms with Gasteiger partial charge in [-0.3, -0.25) is 19.5 Å². The van der Waals surface area contributed by atoms with Crippen LogP contribution in [0.25, 0.3) is 10.8 Å². The van der Waals surface area contributed by atoms with Crippen molar-refractivity contribution >= 4 is 16.7 Å². The molecule has 2 rings (SSSR count). The standard InChI is InChI=1S/C12H12N2O4/c1-2-18-10(15)7-14-12(17)9-6-4-3-5-8(9)11(16)13-14/h3-6H,2,7H2,1H3,(H,13,16). The molecular weight excluding hydrogens is 236 g/mol. The van der Waals surface area contributed by atoms with Gasteiger partial charge in [0.1, 0.15) is 6.54 Å². The van der Waals surface area contributed by atoms with Crippen molar-refractivity contribution < 1.29 is 9.53 Å². The fourth-order valence-electron chi connectivity index (χ4n) is 1.69. The molecule has 0 spiro atoms.